The topological polar surface area (TPSA) is 62.5 Å². The minimum absolute atomic E-state index is 0.279. The first-order valence-corrected chi connectivity index (χ1v) is 7.51. The van der Waals surface area contributed by atoms with Gasteiger partial charge in [-0.15, -0.1) is 5.10 Å². The Hall–Kier alpha value is -2.58. The third kappa shape index (κ3) is 2.93. The summed E-state index contributed by atoms with van der Waals surface area (Å²) in [6, 6.07) is 2.07. The minimum Gasteiger partial charge on any atom is -0.408 e. The fraction of sp³-hybridized carbons (Fsp3) is 0.400. The van der Waals surface area contributed by atoms with E-state index in [1.165, 1.54) is 4.90 Å². The van der Waals surface area contributed by atoms with Crippen LogP contribution in [-0.2, 0) is 6.42 Å². The lowest BCUT2D eigenvalue weighted by Gasteiger charge is -2.33. The summed E-state index contributed by atoms with van der Waals surface area (Å²) in [7, 11) is 0. The van der Waals surface area contributed by atoms with Crippen LogP contribution in [0.15, 0.2) is 16.5 Å². The Morgan fingerprint density at radius 3 is 2.46 bits per heavy atom. The predicted molar refractivity (Wildman–Crippen MR) is 78.1 cm³/mol. The van der Waals surface area contributed by atoms with E-state index in [0.29, 0.717) is 31.4 Å². The van der Waals surface area contributed by atoms with E-state index in [1.54, 1.807) is 0 Å². The zero-order valence-electron chi connectivity index (χ0n) is 12.9. The van der Waals surface area contributed by atoms with Gasteiger partial charge in [0, 0.05) is 32.6 Å². The van der Waals surface area contributed by atoms with Gasteiger partial charge in [0.25, 0.3) is 5.91 Å². The van der Waals surface area contributed by atoms with Gasteiger partial charge in [-0.05, 0) is 12.1 Å². The van der Waals surface area contributed by atoms with Crippen LogP contribution in [0.25, 0.3) is 0 Å². The number of carbonyl (C=O) groups excluding carboxylic acids is 1. The van der Waals surface area contributed by atoms with E-state index >= 15 is 0 Å². The van der Waals surface area contributed by atoms with E-state index in [4.69, 9.17) is 4.42 Å². The number of anilines is 1. The van der Waals surface area contributed by atoms with Gasteiger partial charge in [0.15, 0.2) is 17.5 Å². The molecule has 1 aliphatic rings. The Kier molecular flexibility index (Phi) is 4.41. The number of aryl methyl sites for hydroxylation is 1. The highest BCUT2D eigenvalue weighted by Crippen LogP contribution is 2.19. The van der Waals surface area contributed by atoms with Crippen molar-refractivity contribution >= 4 is 11.9 Å². The second kappa shape index (κ2) is 6.50. The minimum atomic E-state index is -1.64. The molecule has 1 aromatic carbocycles. The highest BCUT2D eigenvalue weighted by Gasteiger charge is 2.27. The molecule has 0 radical (unpaired) electrons. The van der Waals surface area contributed by atoms with Crippen molar-refractivity contribution in [2.24, 2.45) is 0 Å². The van der Waals surface area contributed by atoms with Gasteiger partial charge in [0.05, 0.1) is 5.56 Å². The molecular formula is C15H15F3N4O2. The molecule has 0 aliphatic carbocycles. The van der Waals surface area contributed by atoms with Crippen molar-refractivity contribution in [3.63, 3.8) is 0 Å². The van der Waals surface area contributed by atoms with Crippen LogP contribution in [0.4, 0.5) is 19.2 Å². The van der Waals surface area contributed by atoms with Crippen molar-refractivity contribution in [2.75, 3.05) is 31.1 Å². The summed E-state index contributed by atoms with van der Waals surface area (Å²) in [4.78, 5) is 15.5. The van der Waals surface area contributed by atoms with Crippen molar-refractivity contribution in [3.8, 4) is 0 Å². The summed E-state index contributed by atoms with van der Waals surface area (Å²) in [6.45, 7) is 3.29. The quantitative estimate of drug-likeness (QED) is 0.800. The third-order valence-electron chi connectivity index (χ3n) is 3.86. The molecular weight excluding hydrogens is 325 g/mol. The summed E-state index contributed by atoms with van der Waals surface area (Å²) in [5.41, 5.74) is -0.478. The van der Waals surface area contributed by atoms with Crippen molar-refractivity contribution in [1.82, 2.24) is 15.1 Å². The van der Waals surface area contributed by atoms with E-state index < -0.39 is 28.9 Å². The van der Waals surface area contributed by atoms with Crippen molar-refractivity contribution < 1.29 is 22.4 Å². The van der Waals surface area contributed by atoms with Crippen LogP contribution >= 0.6 is 0 Å². The molecule has 3 rings (SSSR count). The molecule has 0 unspecified atom stereocenters. The lowest BCUT2D eigenvalue weighted by molar-refractivity contribution is 0.0738. The van der Waals surface area contributed by atoms with Crippen LogP contribution in [0.2, 0.25) is 0 Å². The molecule has 1 saturated heterocycles. The second-order valence-electron chi connectivity index (χ2n) is 5.33. The van der Waals surface area contributed by atoms with Gasteiger partial charge >= 0.3 is 6.01 Å². The molecule has 1 aliphatic heterocycles. The third-order valence-corrected chi connectivity index (χ3v) is 3.86. The summed E-state index contributed by atoms with van der Waals surface area (Å²) in [6.07, 6.45) is 0.626. The molecule has 2 heterocycles. The molecule has 0 bridgehead atoms. The van der Waals surface area contributed by atoms with Gasteiger partial charge in [-0.3, -0.25) is 4.79 Å². The Bertz CT molecular complexity index is 757. The predicted octanol–water partition coefficient (Wildman–Crippen LogP) is 2.01. The standard InChI is InChI=1S/C15H15F3N4O2/c1-2-11-19-20-15(24-11)22-7-5-21(6-8-22)14(23)9-3-4-10(16)13(18)12(9)17/h3-4H,2,5-8H2,1H3. The van der Waals surface area contributed by atoms with Crippen LogP contribution in [0.1, 0.15) is 23.2 Å². The fourth-order valence-corrected chi connectivity index (χ4v) is 2.48. The molecule has 2 aromatic rings. The van der Waals surface area contributed by atoms with Crippen molar-refractivity contribution in [2.45, 2.75) is 13.3 Å². The Morgan fingerprint density at radius 1 is 1.12 bits per heavy atom. The number of aromatic nitrogens is 2. The molecule has 1 aromatic heterocycles. The number of halogens is 3. The highest BCUT2D eigenvalue weighted by atomic mass is 19.2. The maximum absolute atomic E-state index is 13.7. The molecule has 0 saturated carbocycles. The Balaban J connectivity index is 1.68. The molecule has 24 heavy (non-hydrogen) atoms. The molecule has 128 valence electrons. The molecule has 1 fully saturated rings. The van der Waals surface area contributed by atoms with Gasteiger partial charge in [-0.1, -0.05) is 12.0 Å². The highest BCUT2D eigenvalue weighted by molar-refractivity contribution is 5.94. The first-order chi connectivity index (χ1) is 11.5. The summed E-state index contributed by atoms with van der Waals surface area (Å²) < 4.78 is 45.4. The van der Waals surface area contributed by atoms with Crippen LogP contribution in [0.5, 0.6) is 0 Å². The van der Waals surface area contributed by atoms with Gasteiger partial charge < -0.3 is 14.2 Å². The van der Waals surface area contributed by atoms with E-state index in [0.717, 1.165) is 12.1 Å². The summed E-state index contributed by atoms with van der Waals surface area (Å²) in [5, 5.41) is 7.80. The van der Waals surface area contributed by atoms with Crippen molar-refractivity contribution in [1.29, 1.82) is 0 Å². The van der Waals surface area contributed by atoms with Gasteiger partial charge in [0.1, 0.15) is 0 Å². The Morgan fingerprint density at radius 2 is 1.83 bits per heavy atom. The summed E-state index contributed by atoms with van der Waals surface area (Å²) >= 11 is 0. The van der Waals surface area contributed by atoms with E-state index in [2.05, 4.69) is 10.2 Å². The average molecular weight is 340 g/mol. The lowest BCUT2D eigenvalue weighted by atomic mass is 10.1. The van der Waals surface area contributed by atoms with Gasteiger partial charge in [0.2, 0.25) is 5.89 Å². The average Bonchev–Trinajstić information content (AvgIpc) is 3.09. The Labute approximate surface area is 135 Å². The number of hydrogen-bond acceptors (Lipinski definition) is 5. The number of nitrogens with zero attached hydrogens (tertiary/aromatic N) is 4. The first kappa shape index (κ1) is 16.3. The number of rotatable bonds is 3. The monoisotopic (exact) mass is 340 g/mol. The number of hydrogen-bond donors (Lipinski definition) is 0. The van der Waals surface area contributed by atoms with Crippen LogP contribution < -0.4 is 4.90 Å². The van der Waals surface area contributed by atoms with Gasteiger partial charge in [-0.25, -0.2) is 13.2 Å². The molecule has 1 amide bonds. The molecule has 0 spiro atoms. The van der Waals surface area contributed by atoms with Crippen molar-refractivity contribution in [3.05, 3.63) is 41.0 Å². The largest absolute Gasteiger partial charge is 0.408 e. The number of carbonyl (C=O) groups is 1. The van der Waals surface area contributed by atoms with E-state index in [9.17, 15) is 18.0 Å². The molecule has 0 N–H and O–H groups in total. The number of piperazine rings is 1. The van der Waals surface area contributed by atoms with Gasteiger partial charge in [-0.2, -0.15) is 0 Å². The first-order valence-electron chi connectivity index (χ1n) is 7.51. The zero-order valence-corrected chi connectivity index (χ0v) is 12.9. The molecule has 6 nitrogen and oxygen atoms in total. The summed E-state index contributed by atoms with van der Waals surface area (Å²) in [5.74, 6) is -4.58. The maximum atomic E-state index is 13.7. The van der Waals surface area contributed by atoms with Crippen LogP contribution in [-0.4, -0.2) is 47.2 Å². The number of amides is 1. The van der Waals surface area contributed by atoms with Crippen LogP contribution in [0.3, 0.4) is 0 Å². The SMILES string of the molecule is CCc1nnc(N2CCN(C(=O)c3ccc(F)c(F)c3F)CC2)o1. The van der Waals surface area contributed by atoms with Crippen LogP contribution in [0, 0.1) is 17.5 Å². The van der Waals surface area contributed by atoms with E-state index in [-0.39, 0.29) is 13.1 Å². The smallest absolute Gasteiger partial charge is 0.318 e. The number of benzene rings is 1. The normalized spacial score (nSPS) is 15.0. The fourth-order valence-electron chi connectivity index (χ4n) is 2.48. The van der Waals surface area contributed by atoms with E-state index in [1.807, 2.05) is 11.8 Å². The lowest BCUT2D eigenvalue weighted by Crippen LogP contribution is -2.49. The second-order valence-corrected chi connectivity index (χ2v) is 5.33. The molecule has 9 heteroatoms. The maximum Gasteiger partial charge on any atom is 0.318 e. The molecule has 0 atom stereocenters. The zero-order chi connectivity index (χ0) is 17.3.